The highest BCUT2D eigenvalue weighted by Crippen LogP contribution is 2.20. The van der Waals surface area contributed by atoms with Gasteiger partial charge in [-0.05, 0) is 31.0 Å². The molecular weight excluding hydrogens is 312 g/mol. The first-order valence-electron chi connectivity index (χ1n) is 8.89. The first kappa shape index (κ1) is 17.5. The van der Waals surface area contributed by atoms with Crippen LogP contribution in [0.3, 0.4) is 0 Å². The molecule has 0 spiro atoms. The summed E-state index contributed by atoms with van der Waals surface area (Å²) in [6.07, 6.45) is 1.04. The number of piperazine rings is 1. The van der Waals surface area contributed by atoms with Crippen molar-refractivity contribution in [3.8, 4) is 5.75 Å². The summed E-state index contributed by atoms with van der Waals surface area (Å²) in [5, 5.41) is 0. The van der Waals surface area contributed by atoms with Gasteiger partial charge in [0.2, 0.25) is 0 Å². The van der Waals surface area contributed by atoms with Gasteiger partial charge in [0.1, 0.15) is 5.75 Å². The molecule has 1 saturated heterocycles. The third-order valence-corrected chi connectivity index (χ3v) is 4.94. The van der Waals surface area contributed by atoms with E-state index in [0.717, 1.165) is 32.6 Å². The van der Waals surface area contributed by atoms with Crippen LogP contribution in [0.25, 0.3) is 0 Å². The lowest BCUT2D eigenvalue weighted by Gasteiger charge is -2.38. The fraction of sp³-hybridized carbons (Fsp3) is 0.381. The first-order valence-corrected chi connectivity index (χ1v) is 8.89. The van der Waals surface area contributed by atoms with Crippen molar-refractivity contribution < 1.29 is 9.53 Å². The highest BCUT2D eigenvalue weighted by Gasteiger charge is 2.26. The van der Waals surface area contributed by atoms with Gasteiger partial charge in [-0.1, -0.05) is 42.5 Å². The van der Waals surface area contributed by atoms with Crippen molar-refractivity contribution in [2.24, 2.45) is 0 Å². The van der Waals surface area contributed by atoms with Crippen LogP contribution in [0.2, 0.25) is 0 Å². The highest BCUT2D eigenvalue weighted by atomic mass is 16.5. The Morgan fingerprint density at radius 1 is 1.00 bits per heavy atom. The number of carbonyl (C=O) groups excluding carboxylic acids is 1. The van der Waals surface area contributed by atoms with E-state index in [1.165, 1.54) is 5.56 Å². The lowest BCUT2D eigenvalue weighted by atomic mass is 10.1. The van der Waals surface area contributed by atoms with E-state index in [0.29, 0.717) is 17.4 Å². The Morgan fingerprint density at radius 3 is 2.32 bits per heavy atom. The molecule has 2 aromatic rings. The Labute approximate surface area is 150 Å². The van der Waals surface area contributed by atoms with Gasteiger partial charge in [-0.2, -0.15) is 0 Å². The minimum Gasteiger partial charge on any atom is -0.496 e. The van der Waals surface area contributed by atoms with E-state index in [-0.39, 0.29) is 5.91 Å². The second kappa shape index (κ2) is 8.17. The van der Waals surface area contributed by atoms with Gasteiger partial charge in [0.25, 0.3) is 5.91 Å². The Balaban J connectivity index is 1.57. The van der Waals surface area contributed by atoms with Gasteiger partial charge in [0.05, 0.1) is 12.7 Å². The molecule has 25 heavy (non-hydrogen) atoms. The molecule has 132 valence electrons. The van der Waals surface area contributed by atoms with Gasteiger partial charge in [0.15, 0.2) is 0 Å². The van der Waals surface area contributed by atoms with Crippen LogP contribution in [0.4, 0.5) is 0 Å². The zero-order valence-corrected chi connectivity index (χ0v) is 15.0. The first-order chi connectivity index (χ1) is 12.2. The van der Waals surface area contributed by atoms with Gasteiger partial charge in [-0.3, -0.25) is 9.69 Å². The van der Waals surface area contributed by atoms with Crippen LogP contribution in [0, 0.1) is 0 Å². The van der Waals surface area contributed by atoms with Crippen molar-refractivity contribution in [3.63, 3.8) is 0 Å². The molecule has 0 aliphatic carbocycles. The third-order valence-electron chi connectivity index (χ3n) is 4.94. The summed E-state index contributed by atoms with van der Waals surface area (Å²) in [5.74, 6) is 0.709. The van der Waals surface area contributed by atoms with Crippen LogP contribution in [-0.4, -0.2) is 55.0 Å². The summed E-state index contributed by atoms with van der Waals surface area (Å²) in [5.41, 5.74) is 2.01. The number of hydrogen-bond acceptors (Lipinski definition) is 3. The zero-order chi connectivity index (χ0) is 17.6. The van der Waals surface area contributed by atoms with Crippen molar-refractivity contribution in [1.29, 1.82) is 0 Å². The minimum absolute atomic E-state index is 0.0628. The Kier molecular flexibility index (Phi) is 5.71. The molecule has 1 heterocycles. The van der Waals surface area contributed by atoms with Gasteiger partial charge < -0.3 is 9.64 Å². The number of para-hydroxylation sites is 1. The van der Waals surface area contributed by atoms with Gasteiger partial charge >= 0.3 is 0 Å². The van der Waals surface area contributed by atoms with Gasteiger partial charge in [-0.25, -0.2) is 0 Å². The molecule has 4 heteroatoms. The molecule has 1 aliphatic rings. The average Bonchev–Trinajstić information content (AvgIpc) is 2.68. The van der Waals surface area contributed by atoms with Crippen LogP contribution in [-0.2, 0) is 6.42 Å². The Bertz CT molecular complexity index is 694. The number of nitrogens with zero attached hydrogens (tertiary/aromatic N) is 2. The number of methoxy groups -OCH3 is 1. The molecule has 0 bridgehead atoms. The molecule has 3 rings (SSSR count). The molecular formula is C21H26N2O2. The molecule has 4 nitrogen and oxygen atoms in total. The maximum absolute atomic E-state index is 12.8. The lowest BCUT2D eigenvalue weighted by molar-refractivity contribution is 0.0579. The predicted octanol–water partition coefficient (Wildman–Crippen LogP) is 3.08. The summed E-state index contributed by atoms with van der Waals surface area (Å²) in [6.45, 7) is 5.61. The minimum atomic E-state index is 0.0628. The van der Waals surface area contributed by atoms with E-state index >= 15 is 0 Å². The van der Waals surface area contributed by atoms with Crippen molar-refractivity contribution in [3.05, 3.63) is 65.7 Å². The van der Waals surface area contributed by atoms with Crippen LogP contribution >= 0.6 is 0 Å². The molecule has 1 amide bonds. The quantitative estimate of drug-likeness (QED) is 0.840. The SMILES string of the molecule is COc1ccccc1C(=O)N1CCN(C(C)Cc2ccccc2)CC1. The normalized spacial score (nSPS) is 16.5. The predicted molar refractivity (Wildman–Crippen MR) is 100 cm³/mol. The van der Waals surface area contributed by atoms with Crippen molar-refractivity contribution in [1.82, 2.24) is 9.80 Å². The van der Waals surface area contributed by atoms with Crippen LogP contribution in [0.15, 0.2) is 54.6 Å². The number of ether oxygens (including phenoxy) is 1. The molecule has 1 fully saturated rings. The zero-order valence-electron chi connectivity index (χ0n) is 15.0. The summed E-state index contributed by atoms with van der Waals surface area (Å²) >= 11 is 0. The van der Waals surface area contributed by atoms with E-state index < -0.39 is 0 Å². The van der Waals surface area contributed by atoms with Crippen LogP contribution < -0.4 is 4.74 Å². The molecule has 1 atom stereocenters. The van der Waals surface area contributed by atoms with Gasteiger partial charge in [-0.15, -0.1) is 0 Å². The molecule has 0 saturated carbocycles. The molecule has 0 N–H and O–H groups in total. The van der Waals surface area contributed by atoms with Crippen LogP contribution in [0.1, 0.15) is 22.8 Å². The fourth-order valence-electron chi connectivity index (χ4n) is 3.44. The van der Waals surface area contributed by atoms with E-state index in [4.69, 9.17) is 4.74 Å². The number of amides is 1. The van der Waals surface area contributed by atoms with Crippen molar-refractivity contribution in [2.75, 3.05) is 33.3 Å². The maximum Gasteiger partial charge on any atom is 0.257 e. The fourth-order valence-corrected chi connectivity index (χ4v) is 3.44. The summed E-state index contributed by atoms with van der Waals surface area (Å²) in [6, 6.07) is 18.5. The number of rotatable bonds is 5. The second-order valence-corrected chi connectivity index (χ2v) is 6.57. The Hall–Kier alpha value is -2.33. The number of carbonyl (C=O) groups is 1. The molecule has 1 unspecified atom stereocenters. The van der Waals surface area contributed by atoms with E-state index in [2.05, 4.69) is 42.2 Å². The van der Waals surface area contributed by atoms with Crippen molar-refractivity contribution in [2.45, 2.75) is 19.4 Å². The second-order valence-electron chi connectivity index (χ2n) is 6.57. The number of benzene rings is 2. The van der Waals surface area contributed by atoms with Crippen molar-refractivity contribution >= 4 is 5.91 Å². The van der Waals surface area contributed by atoms with E-state index in [1.54, 1.807) is 7.11 Å². The maximum atomic E-state index is 12.8. The van der Waals surface area contributed by atoms with Gasteiger partial charge in [0, 0.05) is 32.2 Å². The molecule has 2 aromatic carbocycles. The smallest absolute Gasteiger partial charge is 0.257 e. The molecule has 1 aliphatic heterocycles. The summed E-state index contributed by atoms with van der Waals surface area (Å²) < 4.78 is 5.33. The largest absolute Gasteiger partial charge is 0.496 e. The summed E-state index contributed by atoms with van der Waals surface area (Å²) in [7, 11) is 1.61. The lowest BCUT2D eigenvalue weighted by Crippen LogP contribution is -2.51. The van der Waals surface area contributed by atoms with E-state index in [9.17, 15) is 4.79 Å². The average molecular weight is 338 g/mol. The van der Waals surface area contributed by atoms with E-state index in [1.807, 2.05) is 29.2 Å². The third kappa shape index (κ3) is 4.20. The highest BCUT2D eigenvalue weighted by molar-refractivity contribution is 5.97. The summed E-state index contributed by atoms with van der Waals surface area (Å²) in [4.78, 5) is 17.2. The Morgan fingerprint density at radius 2 is 1.64 bits per heavy atom. The molecule has 0 aromatic heterocycles. The number of hydrogen-bond donors (Lipinski definition) is 0. The van der Waals surface area contributed by atoms with Crippen LogP contribution in [0.5, 0.6) is 5.75 Å². The monoisotopic (exact) mass is 338 g/mol. The topological polar surface area (TPSA) is 32.8 Å². The standard InChI is InChI=1S/C21H26N2O2/c1-17(16-18-8-4-3-5-9-18)22-12-14-23(15-13-22)21(24)19-10-6-7-11-20(19)25-2/h3-11,17H,12-16H2,1-2H3. The molecule has 0 radical (unpaired) electrons.